The highest BCUT2D eigenvalue weighted by atomic mass is 16.5. The lowest BCUT2D eigenvalue weighted by Gasteiger charge is -2.43. The molecule has 0 saturated heterocycles. The molecule has 5 nitrogen and oxygen atoms in total. The van der Waals surface area contributed by atoms with E-state index in [1.165, 1.54) is 18.7 Å². The van der Waals surface area contributed by atoms with Crippen molar-refractivity contribution in [2.45, 2.75) is 65.1 Å². The fourth-order valence-corrected chi connectivity index (χ4v) is 5.11. The minimum Gasteiger partial charge on any atom is -0.504 e. The Balaban J connectivity index is 1.92. The molecule has 2 aliphatic carbocycles. The highest BCUT2D eigenvalue weighted by Gasteiger charge is 2.59. The van der Waals surface area contributed by atoms with E-state index in [9.17, 15) is 15.0 Å². The number of aliphatic hydroxyl groups is 1. The second kappa shape index (κ2) is 7.43. The van der Waals surface area contributed by atoms with Gasteiger partial charge in [-0.25, -0.2) is 4.79 Å². The predicted octanol–water partition coefficient (Wildman–Crippen LogP) is 4.47. The lowest BCUT2D eigenvalue weighted by atomic mass is 9.67. The first-order valence-electron chi connectivity index (χ1n) is 10.1. The first-order valence-corrected chi connectivity index (χ1v) is 10.1. The molecule has 0 spiro atoms. The monoisotopic (exact) mass is 388 g/mol. The van der Waals surface area contributed by atoms with E-state index in [0.717, 1.165) is 19.3 Å². The first-order chi connectivity index (χ1) is 13.1. The van der Waals surface area contributed by atoms with Crippen LogP contribution in [-0.4, -0.2) is 35.0 Å². The third-order valence-electron chi connectivity index (χ3n) is 6.87. The zero-order valence-corrected chi connectivity index (χ0v) is 17.5. The molecule has 0 heterocycles. The van der Waals surface area contributed by atoms with Crippen LogP contribution in [0.2, 0.25) is 0 Å². The van der Waals surface area contributed by atoms with Gasteiger partial charge in [-0.05, 0) is 55.7 Å². The molecule has 4 atom stereocenters. The zero-order chi connectivity index (χ0) is 20.7. The standard InChI is InChI=1S/C23H32O5/c1-14(2)23(26)11-10-22(4)9-8-15(3)12-19(20(22)23)28-21(25)16-6-7-18(27-5)17(24)13-16/h6-8,13-14,19-20,24,26H,9-12H2,1-5H3/t19-,20-,22+,23-/m1/s1. The Morgan fingerprint density at radius 3 is 2.61 bits per heavy atom. The Hall–Kier alpha value is -2.01. The van der Waals surface area contributed by atoms with Gasteiger partial charge in [0.25, 0.3) is 0 Å². The molecule has 0 amide bonds. The fraction of sp³-hybridized carbons (Fsp3) is 0.609. The van der Waals surface area contributed by atoms with Crippen LogP contribution in [-0.2, 0) is 4.74 Å². The topological polar surface area (TPSA) is 76.0 Å². The van der Waals surface area contributed by atoms with Gasteiger partial charge < -0.3 is 19.7 Å². The fourth-order valence-electron chi connectivity index (χ4n) is 5.11. The molecule has 1 aromatic rings. The molecule has 154 valence electrons. The van der Waals surface area contributed by atoms with Gasteiger partial charge in [-0.15, -0.1) is 0 Å². The van der Waals surface area contributed by atoms with Crippen molar-refractivity contribution in [3.8, 4) is 11.5 Å². The molecule has 0 radical (unpaired) electrons. The molecule has 0 aromatic heterocycles. The van der Waals surface area contributed by atoms with Crippen molar-refractivity contribution in [1.82, 2.24) is 0 Å². The highest BCUT2D eigenvalue weighted by molar-refractivity contribution is 5.90. The average Bonchev–Trinajstić information content (AvgIpc) is 2.84. The van der Waals surface area contributed by atoms with E-state index in [4.69, 9.17) is 9.47 Å². The van der Waals surface area contributed by atoms with Crippen molar-refractivity contribution in [3.63, 3.8) is 0 Å². The molecular formula is C23H32O5. The number of rotatable bonds is 4. The third kappa shape index (κ3) is 3.52. The van der Waals surface area contributed by atoms with Gasteiger partial charge in [0.1, 0.15) is 6.10 Å². The van der Waals surface area contributed by atoms with E-state index in [2.05, 4.69) is 19.9 Å². The van der Waals surface area contributed by atoms with Crippen molar-refractivity contribution < 1.29 is 24.5 Å². The number of benzene rings is 1. The molecule has 1 fully saturated rings. The van der Waals surface area contributed by atoms with E-state index >= 15 is 0 Å². The Morgan fingerprint density at radius 2 is 2.00 bits per heavy atom. The molecule has 3 rings (SSSR count). The van der Waals surface area contributed by atoms with Crippen LogP contribution in [0.4, 0.5) is 0 Å². The van der Waals surface area contributed by atoms with Crippen molar-refractivity contribution in [1.29, 1.82) is 0 Å². The third-order valence-corrected chi connectivity index (χ3v) is 6.87. The minimum absolute atomic E-state index is 0.0731. The van der Waals surface area contributed by atoms with E-state index in [0.29, 0.717) is 12.2 Å². The van der Waals surface area contributed by atoms with Crippen LogP contribution >= 0.6 is 0 Å². The van der Waals surface area contributed by atoms with Crippen LogP contribution < -0.4 is 4.74 Å². The average molecular weight is 389 g/mol. The van der Waals surface area contributed by atoms with Gasteiger partial charge in [0.15, 0.2) is 11.5 Å². The van der Waals surface area contributed by atoms with Crippen LogP contribution in [0, 0.1) is 17.3 Å². The predicted molar refractivity (Wildman–Crippen MR) is 107 cm³/mol. The molecule has 0 aliphatic heterocycles. The number of carbonyl (C=O) groups excluding carboxylic acids is 1. The minimum atomic E-state index is -0.861. The summed E-state index contributed by atoms with van der Waals surface area (Å²) in [6, 6.07) is 4.50. The number of ether oxygens (including phenoxy) is 2. The van der Waals surface area contributed by atoms with Crippen molar-refractivity contribution in [2.75, 3.05) is 7.11 Å². The number of allylic oxidation sites excluding steroid dienone is 1. The van der Waals surface area contributed by atoms with Crippen LogP contribution in [0.15, 0.2) is 29.8 Å². The maximum absolute atomic E-state index is 12.9. The lowest BCUT2D eigenvalue weighted by Crippen LogP contribution is -2.50. The number of carbonyl (C=O) groups is 1. The lowest BCUT2D eigenvalue weighted by molar-refractivity contribution is -0.112. The van der Waals surface area contributed by atoms with Gasteiger partial charge in [-0.2, -0.15) is 0 Å². The van der Waals surface area contributed by atoms with Crippen molar-refractivity contribution >= 4 is 5.97 Å². The molecule has 0 bridgehead atoms. The molecule has 0 unspecified atom stereocenters. The number of hydrogen-bond donors (Lipinski definition) is 2. The maximum atomic E-state index is 12.9. The summed E-state index contributed by atoms with van der Waals surface area (Å²) in [6.45, 7) is 8.33. The smallest absolute Gasteiger partial charge is 0.338 e. The maximum Gasteiger partial charge on any atom is 0.338 e. The second-order valence-corrected chi connectivity index (χ2v) is 9.07. The molecule has 1 saturated carbocycles. The Morgan fingerprint density at radius 1 is 1.29 bits per heavy atom. The van der Waals surface area contributed by atoms with Gasteiger partial charge in [0.2, 0.25) is 0 Å². The number of phenols is 1. The van der Waals surface area contributed by atoms with Gasteiger partial charge in [0.05, 0.1) is 18.3 Å². The molecular weight excluding hydrogens is 356 g/mol. The number of phenolic OH excluding ortho intramolecular Hbond substituents is 1. The summed E-state index contributed by atoms with van der Waals surface area (Å²) in [6.07, 6.45) is 4.95. The number of fused-ring (bicyclic) bond motifs is 1. The zero-order valence-electron chi connectivity index (χ0n) is 17.5. The summed E-state index contributed by atoms with van der Waals surface area (Å²) < 4.78 is 11.0. The molecule has 28 heavy (non-hydrogen) atoms. The first kappa shape index (κ1) is 20.7. The van der Waals surface area contributed by atoms with Crippen LogP contribution in [0.3, 0.4) is 0 Å². The van der Waals surface area contributed by atoms with Gasteiger partial charge in [0, 0.05) is 12.3 Å². The Labute approximate surface area is 167 Å². The van der Waals surface area contributed by atoms with E-state index in [1.54, 1.807) is 12.1 Å². The summed E-state index contributed by atoms with van der Waals surface area (Å²) in [5.74, 6) is -0.341. The SMILES string of the molecule is COc1ccc(C(=O)O[C@@H]2CC(C)=CC[C@@]3(C)CC[C@@](O)(C(C)C)[C@H]23)cc1O. The summed E-state index contributed by atoms with van der Waals surface area (Å²) in [4.78, 5) is 12.9. The number of methoxy groups -OCH3 is 1. The highest BCUT2D eigenvalue weighted by Crippen LogP contribution is 2.58. The second-order valence-electron chi connectivity index (χ2n) is 9.07. The molecule has 2 aliphatic rings. The normalized spacial score (nSPS) is 32.5. The van der Waals surface area contributed by atoms with Crippen LogP contribution in [0.1, 0.15) is 63.7 Å². The van der Waals surface area contributed by atoms with Gasteiger partial charge in [-0.1, -0.05) is 32.4 Å². The van der Waals surface area contributed by atoms with Gasteiger partial charge >= 0.3 is 5.97 Å². The quantitative estimate of drug-likeness (QED) is 0.588. The summed E-state index contributed by atoms with van der Waals surface area (Å²) >= 11 is 0. The number of aromatic hydroxyl groups is 1. The van der Waals surface area contributed by atoms with Crippen molar-refractivity contribution in [2.24, 2.45) is 17.3 Å². The van der Waals surface area contributed by atoms with E-state index in [-0.39, 0.29) is 28.6 Å². The Kier molecular flexibility index (Phi) is 5.50. The summed E-state index contributed by atoms with van der Waals surface area (Å²) in [5, 5.41) is 21.5. The molecule has 2 N–H and O–H groups in total. The van der Waals surface area contributed by atoms with Crippen LogP contribution in [0.25, 0.3) is 0 Å². The Bertz CT molecular complexity index is 783. The van der Waals surface area contributed by atoms with Crippen LogP contribution in [0.5, 0.6) is 11.5 Å². The van der Waals surface area contributed by atoms with Crippen molar-refractivity contribution in [3.05, 3.63) is 35.4 Å². The number of esters is 1. The largest absolute Gasteiger partial charge is 0.504 e. The van der Waals surface area contributed by atoms with E-state index in [1.807, 2.05) is 13.8 Å². The van der Waals surface area contributed by atoms with E-state index < -0.39 is 17.7 Å². The van der Waals surface area contributed by atoms with Gasteiger partial charge in [-0.3, -0.25) is 0 Å². The molecule has 5 heteroatoms. The molecule has 1 aromatic carbocycles. The summed E-state index contributed by atoms with van der Waals surface area (Å²) in [7, 11) is 1.46. The summed E-state index contributed by atoms with van der Waals surface area (Å²) in [5.41, 5.74) is 0.485. The number of hydrogen-bond acceptors (Lipinski definition) is 5.